The number of fused-ring (bicyclic) bond motifs is 3. The first-order chi connectivity index (χ1) is 6.38. The summed E-state index contributed by atoms with van der Waals surface area (Å²) in [5.74, 6) is 0.940. The first-order valence-corrected chi connectivity index (χ1v) is 4.71. The van der Waals surface area contributed by atoms with E-state index in [0.717, 1.165) is 12.2 Å². The maximum atomic E-state index is 5.55. The van der Waals surface area contributed by atoms with E-state index < -0.39 is 0 Å². The number of epoxide rings is 1. The number of methoxy groups -OCH3 is 1. The molecule has 1 aliphatic carbocycles. The molecule has 1 aromatic rings. The molecular formula is C11H12O2. The fraction of sp³-hybridized carbons (Fsp3) is 0.455. The third kappa shape index (κ3) is 1.05. The second kappa shape index (κ2) is 2.48. The highest BCUT2D eigenvalue weighted by Crippen LogP contribution is 2.47. The van der Waals surface area contributed by atoms with E-state index in [-0.39, 0.29) is 0 Å². The van der Waals surface area contributed by atoms with E-state index in [0.29, 0.717) is 12.2 Å². The molecule has 0 aromatic heterocycles. The van der Waals surface area contributed by atoms with E-state index in [4.69, 9.17) is 9.47 Å². The zero-order valence-electron chi connectivity index (χ0n) is 7.62. The quantitative estimate of drug-likeness (QED) is 0.611. The van der Waals surface area contributed by atoms with Crippen molar-refractivity contribution in [2.75, 3.05) is 7.11 Å². The van der Waals surface area contributed by atoms with Gasteiger partial charge in [-0.25, -0.2) is 0 Å². The highest BCUT2D eigenvalue weighted by molar-refractivity contribution is 5.41. The molecule has 2 atom stereocenters. The van der Waals surface area contributed by atoms with Gasteiger partial charge in [0.25, 0.3) is 0 Å². The van der Waals surface area contributed by atoms with Crippen molar-refractivity contribution in [3.63, 3.8) is 0 Å². The SMILES string of the molecule is COc1ccc2c(c1)[C@H]1O[C@@H]1CC2. The summed E-state index contributed by atoms with van der Waals surface area (Å²) in [5.41, 5.74) is 2.77. The minimum absolute atomic E-state index is 0.374. The van der Waals surface area contributed by atoms with Gasteiger partial charge in [-0.3, -0.25) is 0 Å². The minimum Gasteiger partial charge on any atom is -0.497 e. The molecule has 1 aromatic carbocycles. The number of benzene rings is 1. The van der Waals surface area contributed by atoms with Crippen molar-refractivity contribution in [2.24, 2.45) is 0 Å². The zero-order valence-corrected chi connectivity index (χ0v) is 7.62. The topological polar surface area (TPSA) is 21.8 Å². The van der Waals surface area contributed by atoms with Crippen LogP contribution >= 0.6 is 0 Å². The van der Waals surface area contributed by atoms with Crippen molar-refractivity contribution in [3.8, 4) is 5.75 Å². The molecule has 68 valence electrons. The van der Waals surface area contributed by atoms with E-state index >= 15 is 0 Å². The van der Waals surface area contributed by atoms with Gasteiger partial charge >= 0.3 is 0 Å². The molecule has 0 bridgehead atoms. The average Bonchev–Trinajstić information content (AvgIpc) is 2.96. The van der Waals surface area contributed by atoms with Gasteiger partial charge < -0.3 is 9.47 Å². The lowest BCUT2D eigenvalue weighted by Gasteiger charge is -2.12. The van der Waals surface area contributed by atoms with Crippen LogP contribution in [0, 0.1) is 0 Å². The highest BCUT2D eigenvalue weighted by Gasteiger charge is 2.43. The van der Waals surface area contributed by atoms with E-state index in [9.17, 15) is 0 Å². The fourth-order valence-electron chi connectivity index (χ4n) is 2.13. The van der Waals surface area contributed by atoms with Crippen LogP contribution in [0.25, 0.3) is 0 Å². The van der Waals surface area contributed by atoms with Gasteiger partial charge in [0.15, 0.2) is 0 Å². The molecule has 0 saturated carbocycles. The van der Waals surface area contributed by atoms with Gasteiger partial charge in [-0.15, -0.1) is 0 Å². The number of aryl methyl sites for hydroxylation is 1. The standard InChI is InChI=1S/C11H12O2/c1-12-8-4-2-7-3-5-10-11(13-10)9(7)6-8/h2,4,6,10-11H,3,5H2,1H3/t10-,11-/m1/s1. The van der Waals surface area contributed by atoms with Crippen LogP contribution in [0.5, 0.6) is 5.75 Å². The fourth-order valence-corrected chi connectivity index (χ4v) is 2.13. The van der Waals surface area contributed by atoms with Gasteiger partial charge in [-0.05, 0) is 36.1 Å². The Bertz CT molecular complexity index is 346. The Balaban J connectivity index is 2.06. The molecule has 2 nitrogen and oxygen atoms in total. The largest absolute Gasteiger partial charge is 0.497 e. The predicted molar refractivity (Wildman–Crippen MR) is 48.9 cm³/mol. The average molecular weight is 176 g/mol. The molecule has 1 aliphatic heterocycles. The Labute approximate surface area is 77.5 Å². The Hall–Kier alpha value is -1.02. The smallest absolute Gasteiger partial charge is 0.119 e. The summed E-state index contributed by atoms with van der Waals surface area (Å²) >= 11 is 0. The molecule has 0 spiro atoms. The number of ether oxygens (including phenoxy) is 2. The molecule has 0 radical (unpaired) electrons. The molecule has 2 aliphatic rings. The van der Waals surface area contributed by atoms with Gasteiger partial charge in [0.05, 0.1) is 13.2 Å². The molecule has 1 saturated heterocycles. The lowest BCUT2D eigenvalue weighted by atomic mass is 9.92. The summed E-state index contributed by atoms with van der Waals surface area (Å²) in [7, 11) is 1.70. The van der Waals surface area contributed by atoms with Gasteiger partial charge in [0, 0.05) is 0 Å². The van der Waals surface area contributed by atoms with Crippen molar-refractivity contribution in [1.29, 1.82) is 0 Å². The van der Waals surface area contributed by atoms with E-state index in [1.165, 1.54) is 17.5 Å². The van der Waals surface area contributed by atoms with Crippen LogP contribution in [-0.2, 0) is 11.2 Å². The normalized spacial score (nSPS) is 29.0. The molecular weight excluding hydrogens is 164 g/mol. The maximum absolute atomic E-state index is 5.55. The summed E-state index contributed by atoms with van der Waals surface area (Å²) in [6.45, 7) is 0. The summed E-state index contributed by atoms with van der Waals surface area (Å²) in [6.07, 6.45) is 3.21. The number of hydrogen-bond acceptors (Lipinski definition) is 2. The molecule has 1 heterocycles. The third-order valence-corrected chi connectivity index (χ3v) is 2.94. The van der Waals surface area contributed by atoms with Crippen molar-refractivity contribution in [2.45, 2.75) is 25.0 Å². The van der Waals surface area contributed by atoms with Crippen LogP contribution in [0.2, 0.25) is 0 Å². The molecule has 3 rings (SSSR count). The molecule has 13 heavy (non-hydrogen) atoms. The van der Waals surface area contributed by atoms with Gasteiger partial charge in [-0.1, -0.05) is 6.07 Å². The Kier molecular flexibility index (Phi) is 1.41. The Morgan fingerprint density at radius 1 is 1.46 bits per heavy atom. The van der Waals surface area contributed by atoms with Crippen molar-refractivity contribution < 1.29 is 9.47 Å². The first kappa shape index (κ1) is 7.39. The summed E-state index contributed by atoms with van der Waals surface area (Å²) in [5, 5.41) is 0. The van der Waals surface area contributed by atoms with Crippen LogP contribution < -0.4 is 4.74 Å². The van der Waals surface area contributed by atoms with Crippen LogP contribution in [0.4, 0.5) is 0 Å². The summed E-state index contributed by atoms with van der Waals surface area (Å²) in [4.78, 5) is 0. The first-order valence-electron chi connectivity index (χ1n) is 4.71. The van der Waals surface area contributed by atoms with E-state index in [1.807, 2.05) is 6.07 Å². The zero-order chi connectivity index (χ0) is 8.84. The van der Waals surface area contributed by atoms with Gasteiger partial charge in [0.1, 0.15) is 11.9 Å². The molecule has 2 heteroatoms. The van der Waals surface area contributed by atoms with Crippen LogP contribution in [0.1, 0.15) is 23.7 Å². The monoisotopic (exact) mass is 176 g/mol. The van der Waals surface area contributed by atoms with Crippen molar-refractivity contribution in [1.82, 2.24) is 0 Å². The van der Waals surface area contributed by atoms with Crippen molar-refractivity contribution >= 4 is 0 Å². The lowest BCUT2D eigenvalue weighted by Crippen LogP contribution is -2.04. The third-order valence-electron chi connectivity index (χ3n) is 2.94. The minimum atomic E-state index is 0.374. The van der Waals surface area contributed by atoms with Gasteiger partial charge in [-0.2, -0.15) is 0 Å². The van der Waals surface area contributed by atoms with E-state index in [2.05, 4.69) is 12.1 Å². The lowest BCUT2D eigenvalue weighted by molar-refractivity contribution is 0.372. The summed E-state index contributed by atoms with van der Waals surface area (Å²) in [6, 6.07) is 6.30. The highest BCUT2D eigenvalue weighted by atomic mass is 16.6. The van der Waals surface area contributed by atoms with E-state index in [1.54, 1.807) is 7.11 Å². The van der Waals surface area contributed by atoms with Crippen LogP contribution in [-0.4, -0.2) is 13.2 Å². The Morgan fingerprint density at radius 2 is 2.38 bits per heavy atom. The second-order valence-electron chi connectivity index (χ2n) is 3.70. The second-order valence-corrected chi connectivity index (χ2v) is 3.70. The molecule has 0 unspecified atom stereocenters. The summed E-state index contributed by atoms with van der Waals surface area (Å²) < 4.78 is 10.7. The Morgan fingerprint density at radius 3 is 3.23 bits per heavy atom. The van der Waals surface area contributed by atoms with Gasteiger partial charge in [0.2, 0.25) is 0 Å². The predicted octanol–water partition coefficient (Wildman–Crippen LogP) is 2.08. The number of hydrogen-bond donors (Lipinski definition) is 0. The van der Waals surface area contributed by atoms with Crippen LogP contribution in [0.15, 0.2) is 18.2 Å². The molecule has 1 fully saturated rings. The molecule has 0 N–H and O–H groups in total. The molecule has 0 amide bonds. The van der Waals surface area contributed by atoms with Crippen molar-refractivity contribution in [3.05, 3.63) is 29.3 Å². The maximum Gasteiger partial charge on any atom is 0.119 e. The van der Waals surface area contributed by atoms with Crippen LogP contribution in [0.3, 0.4) is 0 Å². The number of rotatable bonds is 1.